The van der Waals surface area contributed by atoms with Crippen LogP contribution in [0.2, 0.25) is 0 Å². The Labute approximate surface area is 195 Å². The standard InChI is InChI=1S/C22H16F5IN2O3/c1-28-22(26,27)33-18-11-4-2-7-14(18)13-29-20(31)17-10-6-9-16(30-17)15-8-3-5-12-19(15)32-21(23,24)25/h2-12H,1,13H2,(H,29,31). The Balaban J connectivity index is 1.78. The van der Waals surface area contributed by atoms with Gasteiger partial charge in [0.15, 0.2) is 0 Å². The molecule has 0 fully saturated rings. The second-order valence-corrected chi connectivity index (χ2v) is 8.44. The minimum atomic E-state index is -4.90. The Kier molecular flexibility index (Phi) is 7.61. The highest BCUT2D eigenvalue weighted by Crippen LogP contribution is 2.34. The number of halogens is 6. The van der Waals surface area contributed by atoms with Gasteiger partial charge in [-0.25, -0.2) is 4.98 Å². The lowest BCUT2D eigenvalue weighted by atomic mass is 10.1. The second kappa shape index (κ2) is 10.2. The fourth-order valence-corrected chi connectivity index (χ4v) is 3.16. The summed E-state index contributed by atoms with van der Waals surface area (Å²) in [5.41, 5.74) is 0.358. The van der Waals surface area contributed by atoms with Gasteiger partial charge in [0, 0.05) is 38.4 Å². The first-order valence-corrected chi connectivity index (χ1v) is 11.8. The molecule has 3 rings (SSSR count). The third-order valence-corrected chi connectivity index (χ3v) is 5.27. The molecule has 1 amide bonds. The predicted octanol–water partition coefficient (Wildman–Crippen LogP) is 5.91. The van der Waals surface area contributed by atoms with Gasteiger partial charge in [0.2, 0.25) is 0 Å². The molecule has 5 nitrogen and oxygen atoms in total. The molecular weight excluding hydrogens is 562 g/mol. The van der Waals surface area contributed by atoms with Crippen LogP contribution in [0.15, 0.2) is 66.7 Å². The first kappa shape index (κ1) is 24.6. The Morgan fingerprint density at radius 3 is 2.27 bits per heavy atom. The van der Waals surface area contributed by atoms with Gasteiger partial charge in [0.05, 0.1) is 5.69 Å². The highest BCUT2D eigenvalue weighted by atomic mass is 127. The molecule has 2 aromatic carbocycles. The number of para-hydroxylation sites is 2. The van der Waals surface area contributed by atoms with E-state index in [1.807, 2.05) is 0 Å². The zero-order valence-corrected chi connectivity index (χ0v) is 18.9. The van der Waals surface area contributed by atoms with E-state index in [9.17, 15) is 26.7 Å². The molecule has 3 aromatic rings. The van der Waals surface area contributed by atoms with Crippen LogP contribution in [0.1, 0.15) is 16.1 Å². The van der Waals surface area contributed by atoms with E-state index in [2.05, 4.69) is 19.6 Å². The fraction of sp³-hybridized carbons (Fsp3) is 0.136. The normalized spacial score (nSPS) is 11.7. The lowest BCUT2D eigenvalue weighted by molar-refractivity contribution is -0.274. The molecule has 174 valence electrons. The van der Waals surface area contributed by atoms with E-state index < -0.39 is 42.9 Å². The van der Waals surface area contributed by atoms with Crippen molar-refractivity contribution < 1.29 is 36.2 Å². The number of alkyl halides is 6. The summed E-state index contributed by atoms with van der Waals surface area (Å²) >= 11 is -1.76. The molecule has 1 N–H and O–H groups in total. The van der Waals surface area contributed by atoms with E-state index in [0.717, 1.165) is 6.07 Å². The van der Waals surface area contributed by atoms with Crippen molar-refractivity contribution in [2.45, 2.75) is 17.0 Å². The van der Waals surface area contributed by atoms with Gasteiger partial charge in [-0.05, 0) is 30.3 Å². The number of amides is 1. The van der Waals surface area contributed by atoms with E-state index in [4.69, 9.17) is 4.74 Å². The monoisotopic (exact) mass is 578 g/mol. The number of nitrogens with zero attached hydrogens (tertiary/aromatic N) is 1. The third-order valence-electron chi connectivity index (χ3n) is 4.16. The molecule has 11 heteroatoms. The second-order valence-electron chi connectivity index (χ2n) is 6.42. The van der Waals surface area contributed by atoms with Gasteiger partial charge < -0.3 is 14.8 Å². The van der Waals surface area contributed by atoms with Gasteiger partial charge in [-0.1, -0.05) is 40.9 Å². The molecule has 0 saturated heterocycles. The topological polar surface area (TPSA) is 60.5 Å². The fourth-order valence-electron chi connectivity index (χ4n) is 2.77. The van der Waals surface area contributed by atoms with Crippen molar-refractivity contribution >= 4 is 31.2 Å². The molecule has 33 heavy (non-hydrogen) atoms. The zero-order chi connectivity index (χ0) is 24.1. The third kappa shape index (κ3) is 6.94. The van der Waals surface area contributed by atoms with E-state index in [0.29, 0.717) is 5.56 Å². The summed E-state index contributed by atoms with van der Waals surface area (Å²) in [5, 5.41) is 2.55. The smallest absolute Gasteiger partial charge is 0.425 e. The van der Waals surface area contributed by atoms with Gasteiger partial charge in [-0.2, -0.15) is 8.78 Å². The number of hydrogen-bond acceptors (Lipinski definition) is 4. The molecule has 0 radical (unpaired) electrons. The maximum Gasteiger partial charge on any atom is 0.573 e. The molecule has 0 unspecified atom stereocenters. The van der Waals surface area contributed by atoms with Crippen molar-refractivity contribution in [3.05, 3.63) is 78.0 Å². The van der Waals surface area contributed by atoms with Crippen molar-refractivity contribution in [1.82, 2.24) is 10.3 Å². The summed E-state index contributed by atoms with van der Waals surface area (Å²) in [6.07, 6.45) is -4.90. The Morgan fingerprint density at radius 2 is 1.58 bits per heavy atom. The average molecular weight is 578 g/mol. The molecule has 0 aliphatic carbocycles. The highest BCUT2D eigenvalue weighted by molar-refractivity contribution is 14.2. The van der Waals surface area contributed by atoms with Gasteiger partial charge in [0.1, 0.15) is 17.2 Å². The molecular formula is C22H16F5IN2O3. The minimum absolute atomic E-state index is 0.0435. The number of carbonyl (C=O) groups is 1. The summed E-state index contributed by atoms with van der Waals surface area (Å²) in [6, 6.07) is 15.6. The SMILES string of the molecule is C=IC(F)(F)Oc1ccccc1CNC(=O)c1cccc(-c2ccccc2OC(F)(F)F)n1. The van der Waals surface area contributed by atoms with Crippen LogP contribution in [0.5, 0.6) is 11.5 Å². The van der Waals surface area contributed by atoms with Crippen molar-refractivity contribution in [2.24, 2.45) is 0 Å². The van der Waals surface area contributed by atoms with E-state index in [1.165, 1.54) is 54.6 Å². The van der Waals surface area contributed by atoms with Crippen LogP contribution < -0.4 is 14.8 Å². The number of hydrogen-bond donors (Lipinski definition) is 1. The quantitative estimate of drug-likeness (QED) is 0.205. The summed E-state index contributed by atoms with van der Waals surface area (Å²) in [7, 11) is 0. The summed E-state index contributed by atoms with van der Waals surface area (Å²) in [4.78, 5) is 16.7. The maximum absolute atomic E-state index is 13.6. The minimum Gasteiger partial charge on any atom is -0.425 e. The van der Waals surface area contributed by atoms with Crippen LogP contribution in [0.4, 0.5) is 22.0 Å². The number of carbonyl (C=O) groups excluding carboxylic acids is 1. The van der Waals surface area contributed by atoms with Crippen molar-refractivity contribution in [3.8, 4) is 22.8 Å². The number of benzene rings is 2. The molecule has 1 heterocycles. The van der Waals surface area contributed by atoms with Crippen LogP contribution in [-0.4, -0.2) is 25.9 Å². The van der Waals surface area contributed by atoms with Gasteiger partial charge >= 0.3 is 10.5 Å². The van der Waals surface area contributed by atoms with Crippen LogP contribution in [0, 0.1) is 0 Å². The Hall–Kier alpha value is -3.09. The molecule has 0 atom stereocenters. The number of nitrogens with one attached hydrogen (secondary N) is 1. The predicted molar refractivity (Wildman–Crippen MR) is 121 cm³/mol. The number of pyridine rings is 1. The first-order chi connectivity index (χ1) is 15.6. The number of aromatic nitrogens is 1. The van der Waals surface area contributed by atoms with Crippen LogP contribution in [0.3, 0.4) is 0 Å². The molecule has 1 aromatic heterocycles. The summed E-state index contributed by atoms with van der Waals surface area (Å²) in [5.74, 6) is -1.21. The summed E-state index contributed by atoms with van der Waals surface area (Å²) in [6.45, 7) is -0.139. The zero-order valence-electron chi connectivity index (χ0n) is 16.7. The molecule has 0 bridgehead atoms. The Morgan fingerprint density at radius 1 is 0.909 bits per heavy atom. The van der Waals surface area contributed by atoms with Gasteiger partial charge in [0.25, 0.3) is 5.91 Å². The van der Waals surface area contributed by atoms with Crippen molar-refractivity contribution in [1.29, 1.82) is 0 Å². The maximum atomic E-state index is 13.6. The lowest BCUT2D eigenvalue weighted by Gasteiger charge is -2.16. The van der Waals surface area contributed by atoms with E-state index in [-0.39, 0.29) is 29.2 Å². The van der Waals surface area contributed by atoms with Crippen LogP contribution >= 0.6 is 20.7 Å². The highest BCUT2D eigenvalue weighted by Gasteiger charge is 2.32. The first-order valence-electron chi connectivity index (χ1n) is 9.22. The van der Waals surface area contributed by atoms with Crippen molar-refractivity contribution in [3.63, 3.8) is 0 Å². The largest absolute Gasteiger partial charge is 0.573 e. The van der Waals surface area contributed by atoms with Gasteiger partial charge in [-0.15, -0.1) is 13.2 Å². The van der Waals surface area contributed by atoms with Gasteiger partial charge in [-0.3, -0.25) is 4.79 Å². The molecule has 0 saturated carbocycles. The number of ether oxygens (including phenoxy) is 2. The van der Waals surface area contributed by atoms with E-state index in [1.54, 1.807) is 6.07 Å². The molecule has 0 aliphatic heterocycles. The Bertz CT molecular complexity index is 1150. The molecule has 0 aliphatic rings. The van der Waals surface area contributed by atoms with E-state index >= 15 is 0 Å². The average Bonchev–Trinajstić information content (AvgIpc) is 2.77. The number of rotatable bonds is 8. The lowest BCUT2D eigenvalue weighted by Crippen LogP contribution is -2.25. The molecule has 0 spiro atoms. The van der Waals surface area contributed by atoms with Crippen LogP contribution in [-0.2, 0) is 6.54 Å². The van der Waals surface area contributed by atoms with Crippen LogP contribution in [0.25, 0.3) is 11.3 Å². The van der Waals surface area contributed by atoms with Crippen molar-refractivity contribution in [2.75, 3.05) is 0 Å². The summed E-state index contributed by atoms with van der Waals surface area (Å²) < 4.78 is 74.0.